The minimum Gasteiger partial charge on any atom is -0.495 e. The van der Waals surface area contributed by atoms with Gasteiger partial charge in [0.15, 0.2) is 0 Å². The molecule has 4 aromatic rings. The molecular weight excluding hydrogens is 452 g/mol. The third-order valence-corrected chi connectivity index (χ3v) is 7.16. The summed E-state index contributed by atoms with van der Waals surface area (Å²) < 4.78 is 40.0. The number of fused-ring (bicyclic) bond motifs is 1. The number of ether oxygens (including phenoxy) is 1. The van der Waals surface area contributed by atoms with Crippen molar-refractivity contribution < 1.29 is 22.4 Å². The van der Waals surface area contributed by atoms with E-state index < -0.39 is 10.0 Å². The molecule has 8 heteroatoms. The van der Waals surface area contributed by atoms with Gasteiger partial charge in [-0.2, -0.15) is 0 Å². The molecule has 1 N–H and O–H groups in total. The molecule has 0 bridgehead atoms. The molecule has 0 spiro atoms. The maximum atomic E-state index is 13.3. The van der Waals surface area contributed by atoms with E-state index in [0.29, 0.717) is 11.4 Å². The summed E-state index contributed by atoms with van der Waals surface area (Å²) in [5, 5.41) is 0.949. The number of benzene rings is 3. The number of carbonyl (C=O) groups is 1. The Labute approximate surface area is 199 Å². The van der Waals surface area contributed by atoms with Gasteiger partial charge in [0.05, 0.1) is 13.2 Å². The zero-order valence-electron chi connectivity index (χ0n) is 19.4. The van der Waals surface area contributed by atoms with Gasteiger partial charge in [-0.15, -0.1) is 0 Å². The van der Waals surface area contributed by atoms with Gasteiger partial charge in [0.1, 0.15) is 22.0 Å². The van der Waals surface area contributed by atoms with Crippen LogP contribution in [0.3, 0.4) is 0 Å². The molecule has 0 saturated heterocycles. The maximum absolute atomic E-state index is 13.3. The number of rotatable bonds is 7. The molecule has 1 amide bonds. The van der Waals surface area contributed by atoms with E-state index >= 15 is 0 Å². The van der Waals surface area contributed by atoms with E-state index in [9.17, 15) is 13.2 Å². The lowest BCUT2D eigenvalue weighted by Crippen LogP contribution is -2.29. The van der Waals surface area contributed by atoms with E-state index in [1.807, 2.05) is 56.3 Å². The molecule has 34 heavy (non-hydrogen) atoms. The highest BCUT2D eigenvalue weighted by Crippen LogP contribution is 2.30. The molecule has 7 nitrogen and oxygen atoms in total. The summed E-state index contributed by atoms with van der Waals surface area (Å²) in [5.74, 6) is 0.436. The first-order chi connectivity index (χ1) is 16.2. The number of amides is 1. The van der Waals surface area contributed by atoms with E-state index in [2.05, 4.69) is 4.72 Å². The first-order valence-corrected chi connectivity index (χ1v) is 12.2. The van der Waals surface area contributed by atoms with Crippen molar-refractivity contribution in [3.8, 4) is 5.75 Å². The molecule has 0 aliphatic heterocycles. The Hall–Kier alpha value is -3.78. The predicted molar refractivity (Wildman–Crippen MR) is 132 cm³/mol. The third kappa shape index (κ3) is 4.63. The topological polar surface area (TPSA) is 88.8 Å². The van der Waals surface area contributed by atoms with Crippen LogP contribution >= 0.6 is 0 Å². The van der Waals surface area contributed by atoms with Crippen LogP contribution in [0.4, 0.5) is 5.69 Å². The van der Waals surface area contributed by atoms with Crippen LogP contribution in [0.15, 0.2) is 82.1 Å². The highest BCUT2D eigenvalue weighted by atomic mass is 32.2. The van der Waals surface area contributed by atoms with Gasteiger partial charge in [-0.05, 0) is 56.3 Å². The zero-order chi connectivity index (χ0) is 24.5. The van der Waals surface area contributed by atoms with Gasteiger partial charge in [0.25, 0.3) is 15.9 Å². The summed E-state index contributed by atoms with van der Waals surface area (Å²) in [6.45, 7) is 3.77. The third-order valence-electron chi connectivity index (χ3n) is 5.76. The van der Waals surface area contributed by atoms with Crippen molar-refractivity contribution in [2.75, 3.05) is 18.9 Å². The van der Waals surface area contributed by atoms with Crippen molar-refractivity contribution in [1.29, 1.82) is 0 Å². The second-order valence-electron chi connectivity index (χ2n) is 8.12. The highest BCUT2D eigenvalue weighted by molar-refractivity contribution is 7.92. The lowest BCUT2D eigenvalue weighted by molar-refractivity contribution is 0.0727. The van der Waals surface area contributed by atoms with E-state index in [4.69, 9.17) is 9.15 Å². The number of hydrogen-bond donors (Lipinski definition) is 1. The second kappa shape index (κ2) is 9.23. The molecule has 176 valence electrons. The van der Waals surface area contributed by atoms with Crippen LogP contribution in [0.25, 0.3) is 11.0 Å². The molecule has 1 aromatic heterocycles. The van der Waals surface area contributed by atoms with Crippen molar-refractivity contribution in [3.05, 3.63) is 89.7 Å². The molecule has 1 atom stereocenters. The summed E-state index contributed by atoms with van der Waals surface area (Å²) >= 11 is 0. The quantitative estimate of drug-likeness (QED) is 0.385. The minimum atomic E-state index is -4.00. The number of hydrogen-bond acceptors (Lipinski definition) is 5. The lowest BCUT2D eigenvalue weighted by atomic mass is 10.1. The monoisotopic (exact) mass is 478 g/mol. The summed E-state index contributed by atoms with van der Waals surface area (Å²) in [5.41, 5.74) is 2.38. The number of anilines is 1. The first kappa shape index (κ1) is 23.4. The first-order valence-electron chi connectivity index (χ1n) is 10.7. The van der Waals surface area contributed by atoms with Gasteiger partial charge >= 0.3 is 0 Å². The number of carbonyl (C=O) groups excluding carboxylic acids is 1. The van der Waals surface area contributed by atoms with Gasteiger partial charge in [-0.1, -0.05) is 35.9 Å². The minimum absolute atomic E-state index is 0.119. The Morgan fingerprint density at radius 3 is 2.41 bits per heavy atom. The standard InChI is InChI=1S/C26H26N2O5S/c1-17-9-12-21(13-10-17)27-34(30,31)25-16-20(11-14-23(25)32-4)26(29)28(3)18(2)24-15-19-7-5-6-8-22(19)33-24/h5-16,18,27H,1-4H3. The molecule has 0 aliphatic carbocycles. The van der Waals surface area contributed by atoms with Crippen molar-refractivity contribution in [2.45, 2.75) is 24.8 Å². The smallest absolute Gasteiger partial charge is 0.265 e. The molecule has 0 fully saturated rings. The summed E-state index contributed by atoms with van der Waals surface area (Å²) in [6.07, 6.45) is 0. The van der Waals surface area contributed by atoms with E-state index in [1.54, 1.807) is 25.2 Å². The molecule has 3 aromatic carbocycles. The largest absolute Gasteiger partial charge is 0.495 e. The molecule has 1 unspecified atom stereocenters. The van der Waals surface area contributed by atoms with Gasteiger partial charge in [0.2, 0.25) is 0 Å². The molecule has 4 rings (SSSR count). The van der Waals surface area contributed by atoms with Gasteiger partial charge < -0.3 is 14.1 Å². The Morgan fingerprint density at radius 2 is 1.74 bits per heavy atom. The summed E-state index contributed by atoms with van der Waals surface area (Å²) in [4.78, 5) is 14.7. The van der Waals surface area contributed by atoms with Gasteiger partial charge in [0, 0.05) is 23.7 Å². The molecule has 1 heterocycles. The van der Waals surface area contributed by atoms with Crippen LogP contribution in [0.1, 0.15) is 34.6 Å². The maximum Gasteiger partial charge on any atom is 0.265 e. The average molecular weight is 479 g/mol. The van der Waals surface area contributed by atoms with E-state index in [0.717, 1.165) is 16.5 Å². The second-order valence-corrected chi connectivity index (χ2v) is 9.77. The van der Waals surface area contributed by atoms with Crippen LogP contribution in [0.2, 0.25) is 0 Å². The number of nitrogens with zero attached hydrogens (tertiary/aromatic N) is 1. The number of para-hydroxylation sites is 1. The summed E-state index contributed by atoms with van der Waals surface area (Å²) in [7, 11) is -0.962. The SMILES string of the molecule is COc1ccc(C(=O)N(C)C(C)c2cc3ccccc3o2)cc1S(=O)(=O)Nc1ccc(C)cc1. The van der Waals surface area contributed by atoms with Crippen molar-refractivity contribution in [2.24, 2.45) is 0 Å². The zero-order valence-corrected chi connectivity index (χ0v) is 20.2. The molecular formula is C26H26N2O5S. The van der Waals surface area contributed by atoms with Crippen LogP contribution < -0.4 is 9.46 Å². The van der Waals surface area contributed by atoms with Crippen LogP contribution in [0, 0.1) is 6.92 Å². The predicted octanol–water partition coefficient (Wildman–Crippen LogP) is 5.38. The normalized spacial score (nSPS) is 12.4. The van der Waals surface area contributed by atoms with Crippen LogP contribution in [0.5, 0.6) is 5.75 Å². The van der Waals surface area contributed by atoms with Crippen LogP contribution in [-0.2, 0) is 10.0 Å². The molecule has 0 aliphatic rings. The van der Waals surface area contributed by atoms with E-state index in [1.165, 1.54) is 24.1 Å². The number of furan rings is 1. The summed E-state index contributed by atoms with van der Waals surface area (Å²) in [6, 6.07) is 20.5. The number of aryl methyl sites for hydroxylation is 1. The van der Waals surface area contributed by atoms with Crippen LogP contribution in [-0.4, -0.2) is 33.4 Å². The lowest BCUT2D eigenvalue weighted by Gasteiger charge is -2.24. The fourth-order valence-corrected chi connectivity index (χ4v) is 4.88. The van der Waals surface area contributed by atoms with Crippen molar-refractivity contribution in [1.82, 2.24) is 4.90 Å². The molecule has 0 radical (unpaired) electrons. The number of nitrogens with one attached hydrogen (secondary N) is 1. The van der Waals surface area contributed by atoms with Gasteiger partial charge in [-0.3, -0.25) is 9.52 Å². The van der Waals surface area contributed by atoms with Gasteiger partial charge in [-0.25, -0.2) is 8.42 Å². The highest BCUT2D eigenvalue weighted by Gasteiger charge is 2.26. The Kier molecular flexibility index (Phi) is 6.34. The Bertz CT molecular complexity index is 1410. The fraction of sp³-hybridized carbons (Fsp3) is 0.192. The van der Waals surface area contributed by atoms with Crippen molar-refractivity contribution >= 4 is 32.6 Å². The number of methoxy groups -OCH3 is 1. The van der Waals surface area contributed by atoms with E-state index in [-0.39, 0.29) is 28.2 Å². The van der Waals surface area contributed by atoms with Crippen molar-refractivity contribution in [3.63, 3.8) is 0 Å². The Morgan fingerprint density at radius 1 is 1.03 bits per heavy atom. The number of sulfonamides is 1. The average Bonchev–Trinajstić information content (AvgIpc) is 3.28. The molecule has 0 saturated carbocycles. The Balaban J connectivity index is 1.63. The fourth-order valence-electron chi connectivity index (χ4n) is 3.63.